The fourth-order valence-electron chi connectivity index (χ4n) is 13.5. The number of anilines is 6. The van der Waals surface area contributed by atoms with E-state index in [1.54, 1.807) is 127 Å². The summed E-state index contributed by atoms with van der Waals surface area (Å²) in [7, 11) is -3.14. The van der Waals surface area contributed by atoms with Crippen LogP contribution in [-0.4, -0.2) is 181 Å². The van der Waals surface area contributed by atoms with Crippen molar-refractivity contribution in [3.8, 4) is 11.5 Å². The second kappa shape index (κ2) is 35.7. The molecule has 7 N–H and O–H groups in total. The summed E-state index contributed by atoms with van der Waals surface area (Å²) in [6.07, 6.45) is 6.27. The van der Waals surface area contributed by atoms with E-state index in [1.165, 1.54) is 93.1 Å². The molecule has 0 radical (unpaired) electrons. The molecule has 5 aliphatic heterocycles. The average molecular weight is 1610 g/mol. The van der Waals surface area contributed by atoms with Gasteiger partial charge in [0.15, 0.2) is 21.8 Å². The Morgan fingerprint density at radius 1 is 0.802 bits per heavy atom. The molecular weight excluding hydrogens is 1520 g/mol. The first-order valence-corrected chi connectivity index (χ1v) is 43.8. The number of methoxy groups -OCH3 is 2. The number of benzene rings is 7. The summed E-state index contributed by atoms with van der Waals surface area (Å²) < 4.78 is 91.9. The molecule has 3 fully saturated rings. The number of carbonyl (C=O) groups excluding carboxylic acids is 1. The van der Waals surface area contributed by atoms with E-state index in [-0.39, 0.29) is 47.3 Å². The predicted molar refractivity (Wildman–Crippen MR) is 444 cm³/mol. The molecule has 3 saturated heterocycles. The number of aromatic nitrogens is 2. The van der Waals surface area contributed by atoms with Crippen LogP contribution in [0.1, 0.15) is 84.2 Å². The highest BCUT2D eigenvalue weighted by Crippen LogP contribution is 2.42. The predicted octanol–water partition coefficient (Wildman–Crippen LogP) is 13.6. The lowest BCUT2D eigenvalue weighted by atomic mass is 9.95. The molecule has 0 spiro atoms. The fourth-order valence-corrected chi connectivity index (χ4v) is 17.2. The highest BCUT2D eigenvalue weighted by Gasteiger charge is 2.41. The van der Waals surface area contributed by atoms with Crippen LogP contribution in [0, 0.1) is 11.6 Å². The maximum absolute atomic E-state index is 14.6. The number of piperazine rings is 1. The number of fused-ring (bicyclic) bond motifs is 2. The van der Waals surface area contributed by atoms with E-state index in [4.69, 9.17) is 53.5 Å². The summed E-state index contributed by atoms with van der Waals surface area (Å²) in [5.41, 5.74) is 14.5. The Morgan fingerprint density at radius 3 is 2.16 bits per heavy atom. The number of carboxylic acid groups (broad SMARTS) is 1. The van der Waals surface area contributed by atoms with Crippen LogP contribution in [0.25, 0.3) is 5.70 Å². The molecular formula is C81H92Cl2F2N14O9P2S. The van der Waals surface area contributed by atoms with Crippen LogP contribution in [0.4, 0.5) is 43.0 Å². The number of aromatic carboxylic acids is 1. The zero-order chi connectivity index (χ0) is 79.6. The minimum Gasteiger partial charge on any atom is -0.496 e. The van der Waals surface area contributed by atoms with E-state index in [2.05, 4.69) is 76.2 Å². The van der Waals surface area contributed by atoms with Crippen LogP contribution in [0.2, 0.25) is 10.0 Å². The van der Waals surface area contributed by atoms with Gasteiger partial charge in [-0.2, -0.15) is 0 Å². The zero-order valence-corrected chi connectivity index (χ0v) is 67.7. The minimum atomic E-state index is -3.63. The van der Waals surface area contributed by atoms with Gasteiger partial charge in [-0.1, -0.05) is 72.6 Å². The van der Waals surface area contributed by atoms with Gasteiger partial charge in [-0.3, -0.25) is 24.6 Å². The van der Waals surface area contributed by atoms with E-state index < -0.39 is 53.1 Å². The number of nitrogens with zero attached hydrogens (tertiary/aromatic N) is 9. The number of hydrogen-bond acceptors (Lipinski definition) is 21. The number of sulfone groups is 1. The summed E-state index contributed by atoms with van der Waals surface area (Å²) in [5.74, 6) is 0.174. The molecule has 1 aromatic heterocycles. The number of aliphatic imine (C=N–C) groups is 3. The largest absolute Gasteiger partial charge is 0.496 e. The summed E-state index contributed by atoms with van der Waals surface area (Å²) in [5, 5.41) is 23.3. The lowest BCUT2D eigenvalue weighted by Crippen LogP contribution is -2.52. The van der Waals surface area contributed by atoms with Gasteiger partial charge >= 0.3 is 5.97 Å². The molecule has 5 aliphatic rings. The zero-order valence-electron chi connectivity index (χ0n) is 63.6. The summed E-state index contributed by atoms with van der Waals surface area (Å²) in [6, 6.07) is 41.3. The molecule has 13 rings (SSSR count). The Bertz CT molecular complexity index is 5180. The number of para-hydroxylation sites is 2. The van der Waals surface area contributed by atoms with Crippen LogP contribution < -0.4 is 56.9 Å². The van der Waals surface area contributed by atoms with Crippen LogP contribution in [-0.2, 0) is 36.6 Å². The molecule has 0 saturated carbocycles. The van der Waals surface area contributed by atoms with E-state index >= 15 is 0 Å². The second-order valence-electron chi connectivity index (χ2n) is 28.3. The van der Waals surface area contributed by atoms with Gasteiger partial charge < -0.3 is 60.5 Å². The van der Waals surface area contributed by atoms with Gasteiger partial charge in [-0.05, 0) is 164 Å². The lowest BCUT2D eigenvalue weighted by Gasteiger charge is -2.42. The number of nitrogens with two attached hydrogens (primary N) is 1. The third kappa shape index (κ3) is 19.6. The Kier molecular flexibility index (Phi) is 26.4. The smallest absolute Gasteiger partial charge is 0.335 e. The molecule has 0 bridgehead atoms. The monoisotopic (exact) mass is 1610 g/mol. The maximum atomic E-state index is 14.6. The number of piperidine rings is 1. The third-order valence-electron chi connectivity index (χ3n) is 19.7. The molecule has 6 heterocycles. The number of hydrogen-bond donors (Lipinski definition) is 6. The van der Waals surface area contributed by atoms with E-state index in [9.17, 15) is 35.9 Å². The number of amides is 1. The SMILES string of the molecule is CCc1nc(Cc2ccc(N3CCC(N4CCN(C)CC4)CC3)cc2OC)nc(Nc2ccccc2P(C)(C)=O)c1Cl.COc1cc(P(C)(C)=O)ccc1NC1=NC2C(=CN1)CC(=O)N2c1ccccc1S(=O)(=O)C(C)C.NC1=C(C=NCNc2ccc(C(=O)O)cc2)CN=C(c2c(F)cccc2F)c2cc(Cl)ccc21. The highest BCUT2D eigenvalue weighted by molar-refractivity contribution is 7.92. The number of rotatable bonds is 21. The summed E-state index contributed by atoms with van der Waals surface area (Å²) in [6.45, 7) is 19.2. The van der Waals surface area contributed by atoms with Gasteiger partial charge in [0, 0.05) is 131 Å². The van der Waals surface area contributed by atoms with Crippen molar-refractivity contribution in [1.29, 1.82) is 0 Å². The number of carbonyl (C=O) groups is 2. The van der Waals surface area contributed by atoms with Crippen molar-refractivity contribution < 1.29 is 50.5 Å². The first-order chi connectivity index (χ1) is 52.9. The minimum absolute atomic E-state index is 0.0536. The van der Waals surface area contributed by atoms with Gasteiger partial charge in [0.25, 0.3) is 0 Å². The number of guanidine groups is 1. The summed E-state index contributed by atoms with van der Waals surface area (Å²) >= 11 is 12.9. The lowest BCUT2D eigenvalue weighted by molar-refractivity contribution is -0.117. The number of halogens is 4. The molecule has 30 heteroatoms. The van der Waals surface area contributed by atoms with Gasteiger partial charge in [-0.15, -0.1) is 0 Å². The quantitative estimate of drug-likeness (QED) is 0.0288. The molecule has 1 amide bonds. The van der Waals surface area contributed by atoms with Crippen LogP contribution in [0.3, 0.4) is 0 Å². The van der Waals surface area contributed by atoms with Crippen LogP contribution in [0.15, 0.2) is 183 Å². The van der Waals surface area contributed by atoms with Crippen molar-refractivity contribution >= 4 is 128 Å². The fraction of sp³-hybridized carbons (Fsp3) is 0.321. The molecule has 0 aliphatic carbocycles. The number of aryl methyl sites for hydroxylation is 1. The standard InChI is InChI=1S/C32H44ClN6O2P.C25H19ClF2N4O2.C24H29N4O5PS/c1-6-26-31(33)32(35-27-9-7-8-10-29(27)42(4,5)40)36-30(34-26)21-23-11-12-25(22-28(23)41-3)38-15-13-24(14-16-38)39-19-17-37(2)18-20-39;26-16-6-9-18-19(10-16)24(22-20(27)2-1-3-21(22)28)31-12-15(23(18)29)11-30-13-32-17-7-4-14(5-8-17)25(33)34;1-15(2)35(31,32)21-9-7-6-8-19(21)28-22(29)12-16-14-25-24(27-23(16)28)26-18-11-10-17(34(4,5)30)13-20(18)33-3/h7-12,22,24H,6,13-21H2,1-5H3,(H,34,35,36);1-11,32H,12-13,29H2,(H,33,34);6-11,13-15,23H,12H2,1-5H3,(H2,25,26,27). The first-order valence-electron chi connectivity index (χ1n) is 36.3. The Labute approximate surface area is 656 Å². The van der Waals surface area contributed by atoms with Crippen molar-refractivity contribution in [3.63, 3.8) is 0 Å². The second-order valence-corrected chi connectivity index (χ2v) is 38.0. The molecule has 1 atom stereocenters. The van der Waals surface area contributed by atoms with Crippen LogP contribution in [0.5, 0.6) is 11.5 Å². The topological polar surface area (TPSA) is 291 Å². The average Bonchev–Trinajstić information content (AvgIpc) is 1.68. The van der Waals surface area contributed by atoms with Crippen molar-refractivity contribution in [1.82, 2.24) is 25.1 Å². The summed E-state index contributed by atoms with van der Waals surface area (Å²) in [4.78, 5) is 56.2. The van der Waals surface area contributed by atoms with E-state index in [1.807, 2.05) is 31.2 Å². The highest BCUT2D eigenvalue weighted by atomic mass is 35.5. The Hall–Kier alpha value is -9.78. The normalized spacial score (nSPS) is 16.4. The Morgan fingerprint density at radius 2 is 1.50 bits per heavy atom. The van der Waals surface area contributed by atoms with Crippen molar-refractivity contribution in [2.75, 3.05) is 126 Å². The van der Waals surface area contributed by atoms with Crippen molar-refractivity contribution in [2.45, 2.75) is 75.2 Å². The molecule has 111 heavy (non-hydrogen) atoms. The molecule has 23 nitrogen and oxygen atoms in total. The first kappa shape index (κ1) is 82.2. The molecule has 8 aromatic rings. The number of carboxylic acids is 1. The Balaban J connectivity index is 0.000000166. The van der Waals surface area contributed by atoms with E-state index in [0.29, 0.717) is 97.0 Å². The molecule has 7 aromatic carbocycles. The molecule has 1 unspecified atom stereocenters. The molecule has 584 valence electrons. The van der Waals surface area contributed by atoms with Crippen molar-refractivity contribution in [2.24, 2.45) is 20.7 Å². The van der Waals surface area contributed by atoms with Gasteiger partial charge in [0.1, 0.15) is 54.9 Å². The van der Waals surface area contributed by atoms with Crippen molar-refractivity contribution in [3.05, 3.63) is 224 Å². The third-order valence-corrected chi connectivity index (χ3v) is 25.6. The maximum Gasteiger partial charge on any atom is 0.335 e. The van der Waals surface area contributed by atoms with Gasteiger partial charge in [0.2, 0.25) is 11.9 Å². The number of ether oxygens (including phenoxy) is 2. The van der Waals surface area contributed by atoms with Gasteiger partial charge in [-0.25, -0.2) is 37.0 Å². The number of likely N-dealkylation sites (N-methyl/N-ethyl adjacent to an activating group) is 1. The van der Waals surface area contributed by atoms with Gasteiger partial charge in [0.05, 0.1) is 76.9 Å². The number of nitrogens with one attached hydrogen (secondary N) is 4. The van der Waals surface area contributed by atoms with Crippen LogP contribution >= 0.6 is 37.5 Å². The van der Waals surface area contributed by atoms with E-state index in [0.717, 1.165) is 46.7 Å².